The van der Waals surface area contributed by atoms with Gasteiger partial charge in [-0.15, -0.1) is 0 Å². The summed E-state index contributed by atoms with van der Waals surface area (Å²) in [6.07, 6.45) is 2.26. The molecule has 0 saturated carbocycles. The molecule has 6 heteroatoms. The first-order valence-electron chi connectivity index (χ1n) is 10.6. The second-order valence-electron chi connectivity index (χ2n) is 8.27. The molecule has 32 heavy (non-hydrogen) atoms. The number of ether oxygens (including phenoxy) is 2. The Hall–Kier alpha value is -3.12. The number of benzene rings is 2. The molecule has 1 aromatic heterocycles. The zero-order chi connectivity index (χ0) is 22.7. The van der Waals surface area contributed by atoms with Crippen LogP contribution in [0.15, 0.2) is 71.8 Å². The van der Waals surface area contributed by atoms with Crippen molar-refractivity contribution in [2.24, 2.45) is 0 Å². The molecule has 2 heterocycles. The van der Waals surface area contributed by atoms with Gasteiger partial charge in [-0.2, -0.15) is 0 Å². The van der Waals surface area contributed by atoms with Crippen molar-refractivity contribution in [1.82, 2.24) is 4.98 Å². The van der Waals surface area contributed by atoms with Crippen LogP contribution in [0.1, 0.15) is 53.5 Å². The summed E-state index contributed by atoms with van der Waals surface area (Å²) in [5, 5.41) is 0. The highest BCUT2D eigenvalue weighted by Crippen LogP contribution is 2.47. The fourth-order valence-corrected chi connectivity index (χ4v) is 5.29. The maximum atomic E-state index is 12.5. The van der Waals surface area contributed by atoms with Gasteiger partial charge >= 0.3 is 11.9 Å². The van der Waals surface area contributed by atoms with E-state index in [1.165, 1.54) is 5.56 Å². The topological polar surface area (TPSA) is 65.5 Å². The number of aromatic nitrogens is 1. The summed E-state index contributed by atoms with van der Waals surface area (Å²) >= 11 is 1.57. The molecule has 5 nitrogen and oxygen atoms in total. The van der Waals surface area contributed by atoms with Crippen LogP contribution in [0.5, 0.6) is 0 Å². The molecule has 0 radical (unpaired) electrons. The number of carbonyl (C=O) groups excluding carboxylic acids is 2. The first-order valence-corrected chi connectivity index (χ1v) is 11.5. The van der Waals surface area contributed by atoms with Crippen molar-refractivity contribution in [2.45, 2.75) is 42.9 Å². The fraction of sp³-hybridized carbons (Fsp3) is 0.269. The lowest BCUT2D eigenvalue weighted by Crippen LogP contribution is -2.31. The van der Waals surface area contributed by atoms with Crippen molar-refractivity contribution >= 4 is 23.7 Å². The van der Waals surface area contributed by atoms with E-state index in [1.807, 2.05) is 30.3 Å². The van der Waals surface area contributed by atoms with Crippen LogP contribution in [0.3, 0.4) is 0 Å². The molecule has 1 atom stereocenters. The van der Waals surface area contributed by atoms with E-state index in [4.69, 9.17) is 9.47 Å². The summed E-state index contributed by atoms with van der Waals surface area (Å²) in [5.74, 6) is -0.671. The molecular weight excluding hydrogens is 422 g/mol. The van der Waals surface area contributed by atoms with Crippen molar-refractivity contribution in [3.05, 3.63) is 83.6 Å². The quantitative estimate of drug-likeness (QED) is 0.455. The van der Waals surface area contributed by atoms with E-state index in [2.05, 4.69) is 31.0 Å². The van der Waals surface area contributed by atoms with Crippen LogP contribution >= 0.6 is 11.8 Å². The van der Waals surface area contributed by atoms with Gasteiger partial charge in [0.15, 0.2) is 5.44 Å². The maximum Gasteiger partial charge on any atom is 0.339 e. The van der Waals surface area contributed by atoms with Crippen molar-refractivity contribution < 1.29 is 19.1 Å². The molecule has 0 bridgehead atoms. The fourth-order valence-electron chi connectivity index (χ4n) is 3.76. The molecule has 1 aliphatic rings. The molecule has 0 saturated heterocycles. The third-order valence-corrected chi connectivity index (χ3v) is 6.60. The molecule has 0 N–H and O–H groups in total. The largest absolute Gasteiger partial charge is 0.462 e. The molecule has 0 aliphatic carbocycles. The Morgan fingerprint density at radius 3 is 2.50 bits per heavy atom. The number of pyridine rings is 1. The minimum Gasteiger partial charge on any atom is -0.462 e. The molecule has 0 fully saturated rings. The summed E-state index contributed by atoms with van der Waals surface area (Å²) < 4.78 is 10.8. The van der Waals surface area contributed by atoms with Gasteiger partial charge in [0.2, 0.25) is 0 Å². The molecule has 3 aromatic rings. The number of nitrogens with zero attached hydrogens (tertiary/aromatic N) is 1. The highest BCUT2D eigenvalue weighted by atomic mass is 32.2. The van der Waals surface area contributed by atoms with Crippen molar-refractivity contribution in [2.75, 3.05) is 6.61 Å². The number of fused-ring (bicyclic) bond motifs is 1. The Balaban J connectivity index is 1.54. The second kappa shape index (κ2) is 9.17. The molecule has 0 unspecified atom stereocenters. The van der Waals surface area contributed by atoms with Gasteiger partial charge in [0.1, 0.15) is 0 Å². The summed E-state index contributed by atoms with van der Waals surface area (Å²) in [6.45, 7) is 6.44. The van der Waals surface area contributed by atoms with Gasteiger partial charge in [-0.05, 0) is 54.3 Å². The number of thioether (sulfide) groups is 1. The van der Waals surface area contributed by atoms with Gasteiger partial charge in [0.05, 0.1) is 23.4 Å². The van der Waals surface area contributed by atoms with E-state index in [-0.39, 0.29) is 22.8 Å². The average Bonchev–Trinajstić information content (AvgIpc) is 2.79. The second-order valence-corrected chi connectivity index (χ2v) is 9.47. The van der Waals surface area contributed by atoms with E-state index in [0.717, 1.165) is 16.2 Å². The molecule has 4 rings (SSSR count). The van der Waals surface area contributed by atoms with Crippen LogP contribution in [0, 0.1) is 0 Å². The first-order chi connectivity index (χ1) is 15.4. The van der Waals surface area contributed by atoms with Crippen molar-refractivity contribution in [1.29, 1.82) is 0 Å². The Labute approximate surface area is 192 Å². The molecule has 2 aromatic carbocycles. The van der Waals surface area contributed by atoms with E-state index in [1.54, 1.807) is 43.1 Å². The lowest BCUT2D eigenvalue weighted by atomic mass is 9.80. The highest BCUT2D eigenvalue weighted by molar-refractivity contribution is 7.99. The van der Waals surface area contributed by atoms with Gasteiger partial charge in [0, 0.05) is 23.1 Å². The molecule has 1 aliphatic heterocycles. The Bertz CT molecular complexity index is 1130. The first kappa shape index (κ1) is 22.1. The monoisotopic (exact) mass is 447 g/mol. The van der Waals surface area contributed by atoms with E-state index < -0.39 is 0 Å². The van der Waals surface area contributed by atoms with Crippen LogP contribution in [-0.4, -0.2) is 29.0 Å². The van der Waals surface area contributed by atoms with Crippen molar-refractivity contribution in [3.8, 4) is 11.3 Å². The SMILES string of the molecule is CCOC(=O)c1ccc(-c2ccc3c(c2)C(C)(C)C[C@H](OC(=O)c2ccccc2)S3)nc1. The Morgan fingerprint density at radius 1 is 1.03 bits per heavy atom. The van der Waals surface area contributed by atoms with Gasteiger partial charge in [-0.1, -0.05) is 49.9 Å². The summed E-state index contributed by atoms with van der Waals surface area (Å²) in [7, 11) is 0. The van der Waals surface area contributed by atoms with Crippen LogP contribution in [0.2, 0.25) is 0 Å². The van der Waals surface area contributed by atoms with E-state index in [9.17, 15) is 9.59 Å². The number of esters is 2. The smallest absolute Gasteiger partial charge is 0.339 e. The lowest BCUT2D eigenvalue weighted by Gasteiger charge is -2.36. The number of hydrogen-bond acceptors (Lipinski definition) is 6. The molecular formula is C26H25NO4S. The molecule has 0 spiro atoms. The third kappa shape index (κ3) is 4.70. The minimum absolute atomic E-state index is 0.177. The van der Waals surface area contributed by atoms with E-state index in [0.29, 0.717) is 24.2 Å². The third-order valence-electron chi connectivity index (χ3n) is 5.46. The standard InChI is InChI=1S/C26H25NO4S/c1-4-30-24(28)19-10-12-21(27-16-19)18-11-13-22-20(14-18)26(2,3)15-23(32-22)31-25(29)17-8-6-5-7-9-17/h5-14,16,23H,4,15H2,1-3H3/t23-/m1/s1. The predicted molar refractivity (Wildman–Crippen MR) is 125 cm³/mol. The normalized spacial score (nSPS) is 16.7. The lowest BCUT2D eigenvalue weighted by molar-refractivity contribution is 0.0415. The molecule has 164 valence electrons. The average molecular weight is 448 g/mol. The predicted octanol–water partition coefficient (Wildman–Crippen LogP) is 5.88. The highest BCUT2D eigenvalue weighted by Gasteiger charge is 2.36. The number of hydrogen-bond donors (Lipinski definition) is 0. The van der Waals surface area contributed by atoms with Gasteiger partial charge in [0.25, 0.3) is 0 Å². The maximum absolute atomic E-state index is 12.5. The van der Waals surface area contributed by atoms with Crippen LogP contribution in [0.25, 0.3) is 11.3 Å². The number of carbonyl (C=O) groups is 2. The Kier molecular flexibility index (Phi) is 6.33. The van der Waals surface area contributed by atoms with Crippen LogP contribution in [-0.2, 0) is 14.9 Å². The number of rotatable bonds is 5. The van der Waals surface area contributed by atoms with Crippen LogP contribution < -0.4 is 0 Å². The minimum atomic E-state index is -0.370. The zero-order valence-electron chi connectivity index (χ0n) is 18.3. The zero-order valence-corrected chi connectivity index (χ0v) is 19.1. The summed E-state index contributed by atoms with van der Waals surface area (Å²) in [4.78, 5) is 29.9. The van der Waals surface area contributed by atoms with Crippen LogP contribution in [0.4, 0.5) is 0 Å². The van der Waals surface area contributed by atoms with Gasteiger partial charge in [-0.3, -0.25) is 4.98 Å². The Morgan fingerprint density at radius 2 is 1.81 bits per heavy atom. The summed E-state index contributed by atoms with van der Waals surface area (Å²) in [6, 6.07) is 18.8. The molecule has 0 amide bonds. The van der Waals surface area contributed by atoms with Crippen molar-refractivity contribution in [3.63, 3.8) is 0 Å². The van der Waals surface area contributed by atoms with Gasteiger partial charge in [-0.25, -0.2) is 9.59 Å². The van der Waals surface area contributed by atoms with Gasteiger partial charge < -0.3 is 9.47 Å². The van der Waals surface area contributed by atoms with E-state index >= 15 is 0 Å². The summed E-state index contributed by atoms with van der Waals surface area (Å²) in [5.41, 5.74) is 3.54.